The van der Waals surface area contributed by atoms with Crippen molar-refractivity contribution in [3.63, 3.8) is 0 Å². The monoisotopic (exact) mass is 549 g/mol. The number of anilines is 1. The number of benzene rings is 1. The lowest BCUT2D eigenvalue weighted by Crippen LogP contribution is -2.58. The number of rotatable bonds is 6. The van der Waals surface area contributed by atoms with Gasteiger partial charge in [-0.25, -0.2) is 8.78 Å². The summed E-state index contributed by atoms with van der Waals surface area (Å²) >= 11 is 6.44. The third-order valence-electron chi connectivity index (χ3n) is 7.70. The molecule has 3 aliphatic rings. The molecule has 0 spiro atoms. The van der Waals surface area contributed by atoms with Crippen LogP contribution in [0.5, 0.6) is 0 Å². The Kier molecular flexibility index (Phi) is 7.66. The van der Waals surface area contributed by atoms with Crippen LogP contribution in [0.1, 0.15) is 56.8 Å². The second kappa shape index (κ2) is 10.8. The van der Waals surface area contributed by atoms with Crippen molar-refractivity contribution >= 4 is 46.1 Å². The molecule has 3 N–H and O–H groups in total. The Morgan fingerprint density at radius 1 is 1.26 bits per heavy atom. The van der Waals surface area contributed by atoms with Gasteiger partial charge in [-0.15, -0.1) is 0 Å². The van der Waals surface area contributed by atoms with Crippen molar-refractivity contribution in [1.82, 2.24) is 20.1 Å². The van der Waals surface area contributed by atoms with E-state index in [2.05, 4.69) is 22.5 Å². The first-order valence-corrected chi connectivity index (χ1v) is 13.6. The highest BCUT2D eigenvalue weighted by Gasteiger charge is 2.39. The lowest BCUT2D eigenvalue weighted by atomic mass is 10.0. The third-order valence-corrected chi connectivity index (χ3v) is 7.92. The molecule has 2 aromatic rings. The number of hydrogen-bond acceptors (Lipinski definition) is 5. The fraction of sp³-hybridized carbons (Fsp3) is 0.556. The van der Waals surface area contributed by atoms with Crippen molar-refractivity contribution < 1.29 is 23.1 Å². The van der Waals surface area contributed by atoms with Gasteiger partial charge in [0.05, 0.1) is 36.5 Å². The zero-order valence-corrected chi connectivity index (χ0v) is 22.4. The fourth-order valence-electron chi connectivity index (χ4n) is 5.54. The maximum Gasteiger partial charge on any atom is 0.251 e. The number of carbonyl (C=O) groups excluding carboxylic acids is 2. The summed E-state index contributed by atoms with van der Waals surface area (Å²) in [5, 5.41) is 7.68. The number of piperidine rings is 1. The number of alkyl halides is 2. The van der Waals surface area contributed by atoms with Crippen LogP contribution in [0.3, 0.4) is 0 Å². The Labute approximate surface area is 225 Å². The van der Waals surface area contributed by atoms with Gasteiger partial charge in [0.25, 0.3) is 5.92 Å². The van der Waals surface area contributed by atoms with E-state index in [1.165, 1.54) is 4.90 Å². The molecule has 0 radical (unpaired) electrons. The second-order valence-corrected chi connectivity index (χ2v) is 10.9. The molecule has 4 heterocycles. The summed E-state index contributed by atoms with van der Waals surface area (Å²) in [5.41, 5.74) is 3.34. The van der Waals surface area contributed by atoms with Gasteiger partial charge in [0.1, 0.15) is 6.04 Å². The van der Waals surface area contributed by atoms with Crippen LogP contribution in [0.4, 0.5) is 14.5 Å². The quantitative estimate of drug-likeness (QED) is 0.493. The van der Waals surface area contributed by atoms with Crippen LogP contribution in [0.2, 0.25) is 5.02 Å². The van der Waals surface area contributed by atoms with Gasteiger partial charge in [0.15, 0.2) is 0 Å². The summed E-state index contributed by atoms with van der Waals surface area (Å²) in [4.78, 5) is 33.4. The number of morpholine rings is 1. The van der Waals surface area contributed by atoms with Gasteiger partial charge in [-0.2, -0.15) is 0 Å². The molecule has 3 atom stereocenters. The average molecular weight is 550 g/mol. The summed E-state index contributed by atoms with van der Waals surface area (Å²) in [6.07, 6.45) is 4.81. The molecular weight excluding hydrogens is 516 g/mol. The predicted octanol–water partition coefficient (Wildman–Crippen LogP) is 4.52. The molecule has 2 fully saturated rings. The van der Waals surface area contributed by atoms with Gasteiger partial charge >= 0.3 is 0 Å². The van der Waals surface area contributed by atoms with Gasteiger partial charge < -0.3 is 25.3 Å². The molecule has 2 amide bonds. The average Bonchev–Trinajstić information content (AvgIpc) is 3.24. The van der Waals surface area contributed by atoms with E-state index >= 15 is 0 Å². The van der Waals surface area contributed by atoms with Crippen LogP contribution in [-0.2, 0) is 14.3 Å². The molecule has 0 saturated carbocycles. The summed E-state index contributed by atoms with van der Waals surface area (Å²) in [5.74, 6) is -3.28. The highest BCUT2D eigenvalue weighted by Crippen LogP contribution is 2.36. The second-order valence-electron chi connectivity index (χ2n) is 10.5. The van der Waals surface area contributed by atoms with Crippen molar-refractivity contribution in [3.8, 4) is 0 Å². The number of fused-ring (bicyclic) bond motifs is 3. The molecule has 1 aromatic heterocycles. The van der Waals surface area contributed by atoms with E-state index in [0.29, 0.717) is 17.3 Å². The molecule has 3 aliphatic heterocycles. The smallest absolute Gasteiger partial charge is 0.251 e. The standard InChI is InChI=1S/C27H34ClF2N5O3/c1-3-4-18-13-35(14-23(36)34-9-6-27(29,30)7-10-34)22(15-38-18)26(37)32-21-12-17(28)11-20-19-5-8-31-16(2)24(19)33-25(20)21/h5,8,11-12,16,18,22,31,33H,3-4,6-7,9-10,13-15H2,1-2H3,(H,32,37). The van der Waals surface area contributed by atoms with Crippen LogP contribution in [0.25, 0.3) is 17.0 Å². The SMILES string of the molecule is CCCC1CN(CC(=O)N2CCC(F)(F)CC2)C(C(=O)Nc2cc(Cl)cc3c4c([nH]c23)C(C)NC=C4)CO1. The van der Waals surface area contributed by atoms with E-state index in [0.717, 1.165) is 35.0 Å². The third kappa shape index (κ3) is 5.53. The normalized spacial score (nSPS) is 25.2. The number of aromatic nitrogens is 1. The number of hydrogen-bond donors (Lipinski definition) is 3. The first-order valence-electron chi connectivity index (χ1n) is 13.2. The largest absolute Gasteiger partial charge is 0.383 e. The zero-order valence-electron chi connectivity index (χ0n) is 21.7. The summed E-state index contributed by atoms with van der Waals surface area (Å²) in [6, 6.07) is 2.94. The van der Waals surface area contributed by atoms with Crippen LogP contribution in [0, 0.1) is 0 Å². The van der Waals surface area contributed by atoms with Crippen LogP contribution in [-0.4, -0.2) is 77.5 Å². The molecule has 0 aliphatic carbocycles. The topological polar surface area (TPSA) is 89.7 Å². The number of aromatic amines is 1. The number of carbonyl (C=O) groups is 2. The molecule has 38 heavy (non-hydrogen) atoms. The molecular formula is C27H34ClF2N5O3. The maximum atomic E-state index is 13.6. The van der Waals surface area contributed by atoms with E-state index < -0.39 is 12.0 Å². The van der Waals surface area contributed by atoms with Gasteiger partial charge in [-0.3, -0.25) is 14.5 Å². The molecule has 8 nitrogen and oxygen atoms in total. The number of halogens is 3. The number of nitrogens with zero attached hydrogens (tertiary/aromatic N) is 2. The molecule has 206 valence electrons. The number of nitrogens with one attached hydrogen (secondary N) is 3. The van der Waals surface area contributed by atoms with E-state index in [9.17, 15) is 18.4 Å². The highest BCUT2D eigenvalue weighted by atomic mass is 35.5. The lowest BCUT2D eigenvalue weighted by Gasteiger charge is -2.40. The zero-order chi connectivity index (χ0) is 27.0. The molecule has 5 rings (SSSR count). The molecule has 11 heteroatoms. The number of likely N-dealkylation sites (tertiary alicyclic amines) is 1. The Bertz CT molecular complexity index is 1240. The first-order chi connectivity index (χ1) is 18.1. The van der Waals surface area contributed by atoms with Crippen LogP contribution >= 0.6 is 11.6 Å². The van der Waals surface area contributed by atoms with Crippen molar-refractivity contribution in [2.75, 3.05) is 38.1 Å². The van der Waals surface area contributed by atoms with E-state index in [1.54, 1.807) is 6.07 Å². The lowest BCUT2D eigenvalue weighted by molar-refractivity contribution is -0.145. The van der Waals surface area contributed by atoms with Gasteiger partial charge in [0, 0.05) is 54.1 Å². The molecule has 2 saturated heterocycles. The Morgan fingerprint density at radius 2 is 2.03 bits per heavy atom. The minimum Gasteiger partial charge on any atom is -0.383 e. The Hall–Kier alpha value is -2.69. The van der Waals surface area contributed by atoms with Gasteiger partial charge in [0.2, 0.25) is 11.8 Å². The van der Waals surface area contributed by atoms with Crippen LogP contribution < -0.4 is 10.6 Å². The van der Waals surface area contributed by atoms with Crippen molar-refractivity contribution in [3.05, 3.63) is 34.6 Å². The molecule has 1 aromatic carbocycles. The summed E-state index contributed by atoms with van der Waals surface area (Å²) in [6.45, 7) is 4.66. The summed E-state index contributed by atoms with van der Waals surface area (Å²) < 4.78 is 33.2. The minimum atomic E-state index is -2.73. The Balaban J connectivity index is 1.36. The number of ether oxygens (including phenoxy) is 1. The maximum absolute atomic E-state index is 13.6. The fourth-order valence-corrected chi connectivity index (χ4v) is 5.76. The first kappa shape index (κ1) is 26.9. The predicted molar refractivity (Wildman–Crippen MR) is 143 cm³/mol. The molecule has 3 unspecified atom stereocenters. The highest BCUT2D eigenvalue weighted by molar-refractivity contribution is 6.32. The molecule has 0 bridgehead atoms. The number of H-pyrrole nitrogens is 1. The van der Waals surface area contributed by atoms with Gasteiger partial charge in [-0.1, -0.05) is 24.9 Å². The Morgan fingerprint density at radius 3 is 2.76 bits per heavy atom. The number of amides is 2. The minimum absolute atomic E-state index is 0.0190. The van der Waals surface area contributed by atoms with Crippen molar-refractivity contribution in [2.24, 2.45) is 0 Å². The van der Waals surface area contributed by atoms with E-state index in [1.807, 2.05) is 30.2 Å². The summed E-state index contributed by atoms with van der Waals surface area (Å²) in [7, 11) is 0. The van der Waals surface area contributed by atoms with Crippen LogP contribution in [0.15, 0.2) is 18.3 Å². The van der Waals surface area contributed by atoms with E-state index in [-0.39, 0.29) is 63.0 Å². The van der Waals surface area contributed by atoms with Crippen molar-refractivity contribution in [1.29, 1.82) is 0 Å². The van der Waals surface area contributed by atoms with E-state index in [4.69, 9.17) is 16.3 Å². The van der Waals surface area contributed by atoms with Crippen molar-refractivity contribution in [2.45, 2.75) is 63.6 Å². The van der Waals surface area contributed by atoms with Gasteiger partial charge in [-0.05, 0) is 37.8 Å².